The minimum Gasteiger partial charge on any atom is -0.345 e. The first kappa shape index (κ1) is 16.8. The van der Waals surface area contributed by atoms with Crippen LogP contribution in [0.2, 0.25) is 0 Å². The molecule has 1 aliphatic carbocycles. The smallest absolute Gasteiger partial charge is 0.186 e. The van der Waals surface area contributed by atoms with Gasteiger partial charge in [0.05, 0.1) is 5.69 Å². The summed E-state index contributed by atoms with van der Waals surface area (Å²) in [5.41, 5.74) is 7.14. The van der Waals surface area contributed by atoms with E-state index >= 15 is 0 Å². The predicted molar refractivity (Wildman–Crippen MR) is 93.2 cm³/mol. The van der Waals surface area contributed by atoms with Crippen LogP contribution in [0.15, 0.2) is 0 Å². The van der Waals surface area contributed by atoms with Gasteiger partial charge in [-0.3, -0.25) is 0 Å². The van der Waals surface area contributed by atoms with E-state index in [1.165, 1.54) is 47.8 Å². The Morgan fingerprint density at radius 3 is 2.38 bits per heavy atom. The minimum atomic E-state index is 0.462. The summed E-state index contributed by atoms with van der Waals surface area (Å²) in [6.07, 6.45) is 6.63. The predicted octanol–water partition coefficient (Wildman–Crippen LogP) is 4.52. The molecule has 2 rings (SSSR count). The highest BCUT2D eigenvalue weighted by molar-refractivity contribution is 7.15. The summed E-state index contributed by atoms with van der Waals surface area (Å²) < 4.78 is 0. The molecule has 0 bridgehead atoms. The number of aromatic nitrogens is 1. The van der Waals surface area contributed by atoms with Gasteiger partial charge >= 0.3 is 0 Å². The molecule has 1 aromatic heterocycles. The first-order valence-electron chi connectivity index (χ1n) is 8.49. The molecule has 21 heavy (non-hydrogen) atoms. The van der Waals surface area contributed by atoms with E-state index in [-0.39, 0.29) is 0 Å². The van der Waals surface area contributed by atoms with Gasteiger partial charge < -0.3 is 10.6 Å². The summed E-state index contributed by atoms with van der Waals surface area (Å²) in [6, 6.07) is 0.695. The van der Waals surface area contributed by atoms with Crippen molar-refractivity contribution in [3.05, 3.63) is 10.6 Å². The molecule has 1 aliphatic rings. The van der Waals surface area contributed by atoms with Crippen LogP contribution >= 0.6 is 11.3 Å². The third kappa shape index (κ3) is 4.19. The van der Waals surface area contributed by atoms with Crippen LogP contribution < -0.4 is 10.6 Å². The lowest BCUT2D eigenvalue weighted by atomic mass is 10.1. The molecule has 1 fully saturated rings. The molecule has 0 saturated heterocycles. The average Bonchev–Trinajstić information content (AvgIpc) is 3.07. The summed E-state index contributed by atoms with van der Waals surface area (Å²) >= 11 is 1.82. The maximum Gasteiger partial charge on any atom is 0.186 e. The molecule has 2 N–H and O–H groups in total. The second kappa shape index (κ2) is 7.59. The van der Waals surface area contributed by atoms with Crippen molar-refractivity contribution in [3.8, 4) is 0 Å². The fraction of sp³-hybridized carbons (Fsp3) is 0.824. The molecule has 0 spiro atoms. The van der Waals surface area contributed by atoms with Crippen LogP contribution in [0.25, 0.3) is 0 Å². The topological polar surface area (TPSA) is 42.2 Å². The van der Waals surface area contributed by atoms with E-state index in [0.29, 0.717) is 18.5 Å². The second-order valence-electron chi connectivity index (χ2n) is 6.98. The highest BCUT2D eigenvalue weighted by atomic mass is 32.1. The van der Waals surface area contributed by atoms with Crippen molar-refractivity contribution in [3.63, 3.8) is 0 Å². The average molecular weight is 310 g/mol. The maximum absolute atomic E-state index is 5.93. The minimum absolute atomic E-state index is 0.462. The third-order valence-electron chi connectivity index (χ3n) is 4.41. The SMILES string of the molecule is CC(C)CCN(c1nc(C(C)C)c(CN)s1)C1CCCC1. The Morgan fingerprint density at radius 2 is 1.90 bits per heavy atom. The Balaban J connectivity index is 2.22. The number of rotatable bonds is 7. The summed E-state index contributed by atoms with van der Waals surface area (Å²) in [5.74, 6) is 1.21. The molecular formula is C17H31N3S. The monoisotopic (exact) mass is 309 g/mol. The summed E-state index contributed by atoms with van der Waals surface area (Å²) in [6.45, 7) is 10.8. The molecule has 0 amide bonds. The van der Waals surface area contributed by atoms with Gasteiger partial charge in [-0.1, -0.05) is 40.5 Å². The number of nitrogens with zero attached hydrogens (tertiary/aromatic N) is 2. The van der Waals surface area contributed by atoms with Crippen LogP contribution in [0, 0.1) is 5.92 Å². The van der Waals surface area contributed by atoms with Gasteiger partial charge in [-0.2, -0.15) is 0 Å². The molecule has 4 heteroatoms. The maximum atomic E-state index is 5.93. The van der Waals surface area contributed by atoms with E-state index in [1.54, 1.807) is 0 Å². The molecule has 3 nitrogen and oxygen atoms in total. The van der Waals surface area contributed by atoms with E-state index in [4.69, 9.17) is 10.7 Å². The number of nitrogens with two attached hydrogens (primary N) is 1. The Labute approximate surface area is 133 Å². The van der Waals surface area contributed by atoms with E-state index in [0.717, 1.165) is 12.5 Å². The lowest BCUT2D eigenvalue weighted by Crippen LogP contribution is -2.34. The van der Waals surface area contributed by atoms with Crippen molar-refractivity contribution in [2.24, 2.45) is 11.7 Å². The Morgan fingerprint density at radius 1 is 1.24 bits per heavy atom. The van der Waals surface area contributed by atoms with Gasteiger partial charge in [-0.15, -0.1) is 11.3 Å². The first-order chi connectivity index (χ1) is 10.0. The van der Waals surface area contributed by atoms with Crippen LogP contribution in [-0.4, -0.2) is 17.6 Å². The van der Waals surface area contributed by atoms with Gasteiger partial charge in [0.15, 0.2) is 5.13 Å². The van der Waals surface area contributed by atoms with E-state index in [1.807, 2.05) is 11.3 Å². The van der Waals surface area contributed by atoms with Crippen molar-refractivity contribution in [1.29, 1.82) is 0 Å². The van der Waals surface area contributed by atoms with Crippen LogP contribution in [0.3, 0.4) is 0 Å². The summed E-state index contributed by atoms with van der Waals surface area (Å²) in [7, 11) is 0. The van der Waals surface area contributed by atoms with Gasteiger partial charge in [-0.05, 0) is 31.1 Å². The first-order valence-corrected chi connectivity index (χ1v) is 9.30. The van der Waals surface area contributed by atoms with Crippen molar-refractivity contribution in [2.75, 3.05) is 11.4 Å². The van der Waals surface area contributed by atoms with E-state index in [9.17, 15) is 0 Å². The number of hydrogen-bond donors (Lipinski definition) is 1. The second-order valence-corrected chi connectivity index (χ2v) is 8.04. The van der Waals surface area contributed by atoms with Crippen LogP contribution in [-0.2, 0) is 6.54 Å². The summed E-state index contributed by atoms with van der Waals surface area (Å²) in [5, 5.41) is 1.21. The largest absolute Gasteiger partial charge is 0.345 e. The van der Waals surface area contributed by atoms with Crippen molar-refractivity contribution >= 4 is 16.5 Å². The number of anilines is 1. The Hall–Kier alpha value is -0.610. The van der Waals surface area contributed by atoms with Gasteiger partial charge in [0.1, 0.15) is 0 Å². The normalized spacial score (nSPS) is 16.3. The molecule has 1 aromatic rings. The lowest BCUT2D eigenvalue weighted by molar-refractivity contribution is 0.527. The van der Waals surface area contributed by atoms with E-state index in [2.05, 4.69) is 32.6 Å². The Kier molecular flexibility index (Phi) is 6.06. The highest BCUT2D eigenvalue weighted by Crippen LogP contribution is 2.35. The third-order valence-corrected chi connectivity index (χ3v) is 5.54. The van der Waals surface area contributed by atoms with E-state index < -0.39 is 0 Å². The molecular weight excluding hydrogens is 278 g/mol. The molecule has 1 heterocycles. The molecule has 120 valence electrons. The van der Waals surface area contributed by atoms with Gasteiger partial charge in [0.2, 0.25) is 0 Å². The Bertz CT molecular complexity index is 433. The fourth-order valence-electron chi connectivity index (χ4n) is 3.12. The fourth-order valence-corrected chi connectivity index (χ4v) is 4.31. The highest BCUT2D eigenvalue weighted by Gasteiger charge is 2.26. The molecule has 0 unspecified atom stereocenters. The standard InChI is InChI=1S/C17H31N3S/c1-12(2)9-10-20(14-7-5-6-8-14)17-19-16(13(3)4)15(11-18)21-17/h12-14H,5-11,18H2,1-4H3. The lowest BCUT2D eigenvalue weighted by Gasteiger charge is -2.29. The van der Waals surface area contributed by atoms with Gasteiger partial charge in [0.25, 0.3) is 0 Å². The molecule has 0 aliphatic heterocycles. The zero-order chi connectivity index (χ0) is 15.4. The van der Waals surface area contributed by atoms with Crippen LogP contribution in [0.5, 0.6) is 0 Å². The number of thiazole rings is 1. The zero-order valence-electron chi connectivity index (χ0n) is 14.1. The van der Waals surface area contributed by atoms with Crippen molar-refractivity contribution in [1.82, 2.24) is 4.98 Å². The van der Waals surface area contributed by atoms with Gasteiger partial charge in [0, 0.05) is 24.0 Å². The zero-order valence-corrected chi connectivity index (χ0v) is 14.9. The molecule has 0 radical (unpaired) electrons. The quantitative estimate of drug-likeness (QED) is 0.805. The molecule has 0 atom stereocenters. The molecule has 0 aromatic carbocycles. The summed E-state index contributed by atoms with van der Waals surface area (Å²) in [4.78, 5) is 8.82. The van der Waals surface area contributed by atoms with Crippen molar-refractivity contribution < 1.29 is 0 Å². The van der Waals surface area contributed by atoms with Crippen LogP contribution in [0.1, 0.15) is 76.3 Å². The van der Waals surface area contributed by atoms with Gasteiger partial charge in [-0.25, -0.2) is 4.98 Å². The molecule has 1 saturated carbocycles. The van der Waals surface area contributed by atoms with Crippen LogP contribution in [0.4, 0.5) is 5.13 Å². The van der Waals surface area contributed by atoms with Crippen molar-refractivity contribution in [2.45, 2.75) is 78.3 Å². The number of hydrogen-bond acceptors (Lipinski definition) is 4.